The number of ether oxygens (including phenoxy) is 1. The predicted octanol–water partition coefficient (Wildman–Crippen LogP) is 4.44. The standard InChI is InChI=1S/C36H37N9O2/c1-47-31-12-26(36(46)44-20-25-6-7-29(44)32(25)38)10-28-33(31)45(19-23-16-42(17-23)27-9-22(13-37)14-39-15-27)35(41-28)30-11-24-3-2-8-40-34(24)43(30)18-21-4-5-21/h2-3,8-12,14-15,21,23,25,29,32H,4-7,16-20,38H2,1H3/t25?,29?,32-/m1/s1. The number of aromatic nitrogens is 5. The number of piperidine rings is 1. The Bertz CT molecular complexity index is 2080. The van der Waals surface area contributed by atoms with Crippen LogP contribution in [0.2, 0.25) is 0 Å². The molecule has 47 heavy (non-hydrogen) atoms. The maximum absolute atomic E-state index is 13.9. The van der Waals surface area contributed by atoms with E-state index in [1.807, 2.05) is 41.6 Å². The van der Waals surface area contributed by atoms with Gasteiger partial charge in [-0.05, 0) is 73.9 Å². The molecule has 2 unspecified atom stereocenters. The Hall–Kier alpha value is -4.95. The lowest BCUT2D eigenvalue weighted by molar-refractivity contribution is 0.0700. The number of methoxy groups -OCH3 is 1. The molecule has 11 heteroatoms. The summed E-state index contributed by atoms with van der Waals surface area (Å²) in [6, 6.07) is 14.4. The molecule has 5 aromatic rings. The molecule has 1 aromatic carbocycles. The lowest BCUT2D eigenvalue weighted by Crippen LogP contribution is -2.48. The quantitative estimate of drug-likeness (QED) is 0.267. The Morgan fingerprint density at radius 3 is 2.64 bits per heavy atom. The average Bonchev–Trinajstić information content (AvgIpc) is 3.44. The third kappa shape index (κ3) is 4.65. The maximum Gasteiger partial charge on any atom is 0.254 e. The molecule has 2 saturated carbocycles. The Labute approximate surface area is 272 Å². The van der Waals surface area contributed by atoms with Crippen molar-refractivity contribution in [1.29, 1.82) is 5.26 Å². The minimum atomic E-state index is -0.00107. The van der Waals surface area contributed by atoms with E-state index in [0.717, 1.165) is 78.3 Å². The summed E-state index contributed by atoms with van der Waals surface area (Å²) >= 11 is 0. The number of carbonyl (C=O) groups excluding carboxylic acids is 1. The van der Waals surface area contributed by atoms with Gasteiger partial charge in [-0.1, -0.05) is 0 Å². The molecule has 2 bridgehead atoms. The fourth-order valence-electron chi connectivity index (χ4n) is 8.16. The Kier molecular flexibility index (Phi) is 6.51. The van der Waals surface area contributed by atoms with Crippen molar-refractivity contribution in [2.75, 3.05) is 31.6 Å². The van der Waals surface area contributed by atoms with Gasteiger partial charge in [0, 0.05) is 74.1 Å². The number of hydrogen-bond donors (Lipinski definition) is 1. The van der Waals surface area contributed by atoms with E-state index in [-0.39, 0.29) is 18.0 Å². The number of carbonyl (C=O) groups is 1. The van der Waals surface area contributed by atoms with Crippen LogP contribution in [0.4, 0.5) is 5.69 Å². The largest absolute Gasteiger partial charge is 0.494 e. The first kappa shape index (κ1) is 28.3. The van der Waals surface area contributed by atoms with E-state index in [0.29, 0.717) is 41.2 Å². The van der Waals surface area contributed by atoms with Crippen molar-refractivity contribution < 1.29 is 9.53 Å². The summed E-state index contributed by atoms with van der Waals surface area (Å²) in [5.41, 5.74) is 12.2. The SMILES string of the molecule is COc1cc(C(=O)N2CC3CCC2[C@@H]3N)cc2nc(-c3cc4cccnc4n3CC3CC3)n(CC3CN(c4cncc(C#N)c4)C3)c12. The molecule has 2 aliphatic heterocycles. The van der Waals surface area contributed by atoms with E-state index < -0.39 is 0 Å². The zero-order chi connectivity index (χ0) is 31.8. The Morgan fingerprint density at radius 2 is 1.89 bits per heavy atom. The van der Waals surface area contributed by atoms with Gasteiger partial charge < -0.3 is 29.4 Å². The first-order valence-corrected chi connectivity index (χ1v) is 16.7. The van der Waals surface area contributed by atoms with E-state index >= 15 is 0 Å². The van der Waals surface area contributed by atoms with Crippen LogP contribution in [0.1, 0.15) is 41.6 Å². The molecule has 2 saturated heterocycles. The van der Waals surface area contributed by atoms with Crippen LogP contribution in [0.25, 0.3) is 33.6 Å². The summed E-state index contributed by atoms with van der Waals surface area (Å²) in [6.07, 6.45) is 9.77. The third-order valence-electron chi connectivity index (χ3n) is 10.8. The number of hydrogen-bond acceptors (Lipinski definition) is 8. The number of pyridine rings is 2. The number of rotatable bonds is 8. The van der Waals surface area contributed by atoms with Crippen LogP contribution in [-0.2, 0) is 13.1 Å². The van der Waals surface area contributed by atoms with Gasteiger partial charge in [0.15, 0.2) is 5.82 Å². The van der Waals surface area contributed by atoms with Crippen molar-refractivity contribution in [2.45, 2.75) is 50.9 Å². The molecule has 6 heterocycles. The van der Waals surface area contributed by atoms with Gasteiger partial charge in [0.2, 0.25) is 0 Å². The van der Waals surface area contributed by atoms with Crippen LogP contribution >= 0.6 is 0 Å². The molecule has 11 nitrogen and oxygen atoms in total. The second kappa shape index (κ2) is 10.8. The fraction of sp³-hybridized carbons (Fsp3) is 0.417. The molecular formula is C36H37N9O2. The van der Waals surface area contributed by atoms with E-state index in [9.17, 15) is 10.1 Å². The summed E-state index contributed by atoms with van der Waals surface area (Å²) in [5, 5.41) is 10.5. The molecular weight excluding hydrogens is 590 g/mol. The summed E-state index contributed by atoms with van der Waals surface area (Å²) in [7, 11) is 1.67. The smallest absolute Gasteiger partial charge is 0.254 e. The zero-order valence-electron chi connectivity index (χ0n) is 26.4. The highest BCUT2D eigenvalue weighted by Gasteiger charge is 2.47. The molecule has 1 amide bonds. The van der Waals surface area contributed by atoms with Crippen molar-refractivity contribution in [3.05, 3.63) is 66.1 Å². The van der Waals surface area contributed by atoms with E-state index in [2.05, 4.69) is 37.2 Å². The lowest BCUT2D eigenvalue weighted by Gasteiger charge is -2.41. The number of likely N-dealkylation sites (tertiary alicyclic amines) is 1. The van der Waals surface area contributed by atoms with Gasteiger partial charge in [-0.2, -0.15) is 5.26 Å². The second-order valence-corrected chi connectivity index (χ2v) is 13.8. The van der Waals surface area contributed by atoms with E-state index in [4.69, 9.17) is 20.4 Å². The maximum atomic E-state index is 13.9. The third-order valence-corrected chi connectivity index (χ3v) is 10.8. The van der Waals surface area contributed by atoms with E-state index in [1.165, 1.54) is 12.8 Å². The minimum absolute atomic E-state index is 0.00107. The van der Waals surface area contributed by atoms with Gasteiger partial charge in [-0.3, -0.25) is 9.78 Å². The molecule has 2 aliphatic carbocycles. The van der Waals surface area contributed by atoms with Gasteiger partial charge in [0.1, 0.15) is 23.0 Å². The molecule has 238 valence electrons. The molecule has 3 atom stereocenters. The monoisotopic (exact) mass is 627 g/mol. The van der Waals surface area contributed by atoms with Crippen LogP contribution in [0.5, 0.6) is 5.75 Å². The number of nitriles is 1. The zero-order valence-corrected chi connectivity index (χ0v) is 26.4. The average molecular weight is 628 g/mol. The number of amides is 1. The molecule has 2 N–H and O–H groups in total. The molecule has 4 aromatic heterocycles. The summed E-state index contributed by atoms with van der Waals surface area (Å²) < 4.78 is 10.7. The van der Waals surface area contributed by atoms with Crippen LogP contribution < -0.4 is 15.4 Å². The van der Waals surface area contributed by atoms with Crippen LogP contribution in [0.15, 0.2) is 55.0 Å². The van der Waals surface area contributed by atoms with Gasteiger partial charge >= 0.3 is 0 Å². The number of nitrogens with two attached hydrogens (primary N) is 1. The second-order valence-electron chi connectivity index (χ2n) is 13.8. The molecule has 4 fully saturated rings. The van der Waals surface area contributed by atoms with Gasteiger partial charge in [-0.25, -0.2) is 9.97 Å². The fourth-order valence-corrected chi connectivity index (χ4v) is 8.16. The number of imidazole rings is 1. The highest BCUT2D eigenvalue weighted by atomic mass is 16.5. The normalized spacial score (nSPS) is 22.3. The highest BCUT2D eigenvalue weighted by Crippen LogP contribution is 2.41. The van der Waals surface area contributed by atoms with Crippen LogP contribution in [-0.4, -0.2) is 73.7 Å². The van der Waals surface area contributed by atoms with Gasteiger partial charge in [0.05, 0.1) is 35.8 Å². The van der Waals surface area contributed by atoms with Crippen molar-refractivity contribution in [1.82, 2.24) is 29.0 Å². The topological polar surface area (TPSA) is 131 Å². The number of benzene rings is 1. The summed E-state index contributed by atoms with van der Waals surface area (Å²) in [5.74, 6) is 2.85. The molecule has 0 spiro atoms. The van der Waals surface area contributed by atoms with E-state index in [1.54, 1.807) is 13.3 Å². The highest BCUT2D eigenvalue weighted by molar-refractivity contribution is 6.00. The first-order valence-electron chi connectivity index (χ1n) is 16.7. The van der Waals surface area contributed by atoms with Crippen LogP contribution in [0, 0.1) is 29.1 Å². The predicted molar refractivity (Wildman–Crippen MR) is 178 cm³/mol. The van der Waals surface area contributed by atoms with Gasteiger partial charge in [-0.15, -0.1) is 0 Å². The summed E-state index contributed by atoms with van der Waals surface area (Å²) in [6.45, 7) is 4.00. The Balaban J connectivity index is 1.14. The molecule has 4 aliphatic rings. The first-order chi connectivity index (χ1) is 23.0. The summed E-state index contributed by atoms with van der Waals surface area (Å²) in [4.78, 5) is 32.5. The molecule has 9 rings (SSSR count). The Morgan fingerprint density at radius 1 is 1.04 bits per heavy atom. The van der Waals surface area contributed by atoms with Crippen molar-refractivity contribution in [3.63, 3.8) is 0 Å². The molecule has 0 radical (unpaired) electrons. The number of fused-ring (bicyclic) bond motifs is 4. The lowest BCUT2D eigenvalue weighted by atomic mass is 9.98. The number of nitrogens with zero attached hydrogens (tertiary/aromatic N) is 8. The van der Waals surface area contributed by atoms with Crippen molar-refractivity contribution >= 4 is 33.7 Å². The van der Waals surface area contributed by atoms with Crippen molar-refractivity contribution in [2.24, 2.45) is 23.5 Å². The van der Waals surface area contributed by atoms with Gasteiger partial charge in [0.25, 0.3) is 5.91 Å². The number of anilines is 1. The van der Waals surface area contributed by atoms with Crippen molar-refractivity contribution in [3.8, 4) is 23.3 Å². The minimum Gasteiger partial charge on any atom is -0.494 e. The van der Waals surface area contributed by atoms with Crippen LogP contribution in [0.3, 0.4) is 0 Å².